The highest BCUT2D eigenvalue weighted by Crippen LogP contribution is 2.57. The molecule has 5 nitrogen and oxygen atoms in total. The fraction of sp³-hybridized carbons (Fsp3) is 0.320. The first kappa shape index (κ1) is 19.7. The number of hydrogen-bond acceptors (Lipinski definition) is 5. The summed E-state index contributed by atoms with van der Waals surface area (Å²) in [5.74, 6) is -1.37. The maximum Gasteiger partial charge on any atom is 0.333 e. The van der Waals surface area contributed by atoms with Crippen LogP contribution in [0.2, 0.25) is 0 Å². The molecule has 2 aliphatic carbocycles. The van der Waals surface area contributed by atoms with E-state index in [-0.39, 0.29) is 23.8 Å². The normalized spacial score (nSPS) is 25.6. The van der Waals surface area contributed by atoms with Gasteiger partial charge in [0.15, 0.2) is 0 Å². The van der Waals surface area contributed by atoms with Crippen LogP contribution in [-0.2, 0) is 9.53 Å². The van der Waals surface area contributed by atoms with Gasteiger partial charge in [-0.15, -0.1) is 0 Å². The molecular weight excluding hydrogens is 374 g/mol. The molecule has 3 atom stereocenters. The predicted molar refractivity (Wildman–Crippen MR) is 114 cm³/mol. The van der Waals surface area contributed by atoms with E-state index >= 15 is 0 Å². The van der Waals surface area contributed by atoms with Gasteiger partial charge in [-0.2, -0.15) is 10.5 Å². The molecular formula is C25H23N3O2. The van der Waals surface area contributed by atoms with Crippen molar-refractivity contribution in [3.05, 3.63) is 70.9 Å². The van der Waals surface area contributed by atoms with Crippen molar-refractivity contribution in [2.45, 2.75) is 32.1 Å². The fourth-order valence-electron chi connectivity index (χ4n) is 5.11. The third kappa shape index (κ3) is 2.70. The van der Waals surface area contributed by atoms with Crippen LogP contribution in [0.5, 0.6) is 0 Å². The average Bonchev–Trinajstić information content (AvgIpc) is 2.78. The molecule has 0 amide bonds. The Morgan fingerprint density at radius 2 is 2.00 bits per heavy atom. The number of hydrogen-bond donors (Lipinski definition) is 1. The zero-order valence-electron chi connectivity index (χ0n) is 16.9. The molecule has 2 aromatic rings. The third-order valence-electron chi connectivity index (χ3n) is 6.38. The van der Waals surface area contributed by atoms with E-state index in [4.69, 9.17) is 10.5 Å². The maximum atomic E-state index is 13.3. The molecule has 0 spiro atoms. The van der Waals surface area contributed by atoms with Gasteiger partial charge in [0.25, 0.3) is 0 Å². The minimum absolute atomic E-state index is 0.00767. The molecule has 2 aliphatic rings. The summed E-state index contributed by atoms with van der Waals surface area (Å²) in [6.45, 7) is 1.84. The molecule has 150 valence electrons. The number of nitrogens with zero attached hydrogens (tertiary/aromatic N) is 2. The summed E-state index contributed by atoms with van der Waals surface area (Å²) in [6, 6.07) is 18.2. The molecule has 0 saturated heterocycles. The first-order chi connectivity index (χ1) is 14.6. The molecule has 0 bridgehead atoms. The number of benzene rings is 2. The highest BCUT2D eigenvalue weighted by Gasteiger charge is 2.59. The molecule has 0 unspecified atom stereocenters. The van der Waals surface area contributed by atoms with E-state index < -0.39 is 17.3 Å². The largest absolute Gasteiger partial charge is 0.464 e. The Kier molecular flexibility index (Phi) is 5.06. The van der Waals surface area contributed by atoms with Crippen molar-refractivity contribution in [3.8, 4) is 12.1 Å². The molecule has 4 rings (SSSR count). The molecule has 0 saturated carbocycles. The van der Waals surface area contributed by atoms with Gasteiger partial charge >= 0.3 is 5.97 Å². The molecule has 30 heavy (non-hydrogen) atoms. The van der Waals surface area contributed by atoms with E-state index in [1.165, 1.54) is 0 Å². The van der Waals surface area contributed by atoms with Crippen molar-refractivity contribution in [2.75, 3.05) is 6.61 Å². The topological polar surface area (TPSA) is 99.9 Å². The lowest BCUT2D eigenvalue weighted by Crippen LogP contribution is -2.49. The maximum absolute atomic E-state index is 13.3. The molecule has 0 fully saturated rings. The summed E-state index contributed by atoms with van der Waals surface area (Å²) in [4.78, 5) is 13.3. The van der Waals surface area contributed by atoms with Gasteiger partial charge in [-0.05, 0) is 54.0 Å². The van der Waals surface area contributed by atoms with E-state index in [9.17, 15) is 15.3 Å². The van der Waals surface area contributed by atoms with Gasteiger partial charge in [-0.1, -0.05) is 48.5 Å². The second kappa shape index (κ2) is 7.69. The monoisotopic (exact) mass is 397 g/mol. The van der Waals surface area contributed by atoms with Crippen molar-refractivity contribution < 1.29 is 9.53 Å². The number of esters is 1. The number of allylic oxidation sites excluding steroid dienone is 3. The summed E-state index contributed by atoms with van der Waals surface area (Å²) >= 11 is 0. The summed E-state index contributed by atoms with van der Waals surface area (Å²) < 4.78 is 5.38. The molecule has 0 aliphatic heterocycles. The van der Waals surface area contributed by atoms with Crippen molar-refractivity contribution in [1.82, 2.24) is 0 Å². The standard InChI is InChI=1S/C25H23N3O2/c1-2-30-24(29)25(15-27)22(19-13-7-9-16-8-3-4-10-17(16)19)20-12-6-5-11-18(20)21(14-26)23(25)28/h3-4,7-11,13,20,22H,2,5-6,12,28H2,1H3/t20-,22+,25-/m1/s1. The highest BCUT2D eigenvalue weighted by atomic mass is 16.5. The van der Waals surface area contributed by atoms with Gasteiger partial charge in [0.05, 0.1) is 23.9 Å². The Morgan fingerprint density at radius 1 is 1.23 bits per heavy atom. The van der Waals surface area contributed by atoms with Crippen LogP contribution in [0.4, 0.5) is 0 Å². The number of ether oxygens (including phenoxy) is 1. The van der Waals surface area contributed by atoms with E-state index in [2.05, 4.69) is 12.1 Å². The van der Waals surface area contributed by atoms with Gasteiger partial charge in [-0.3, -0.25) is 0 Å². The van der Waals surface area contributed by atoms with Crippen molar-refractivity contribution >= 4 is 16.7 Å². The van der Waals surface area contributed by atoms with Crippen molar-refractivity contribution in [1.29, 1.82) is 10.5 Å². The highest BCUT2D eigenvalue weighted by molar-refractivity contribution is 5.91. The Labute approximate surface area is 176 Å². The lowest BCUT2D eigenvalue weighted by Gasteiger charge is -2.45. The van der Waals surface area contributed by atoms with Gasteiger partial charge in [0, 0.05) is 5.92 Å². The summed E-state index contributed by atoms with van der Waals surface area (Å²) in [7, 11) is 0. The Hall–Kier alpha value is -3.57. The van der Waals surface area contributed by atoms with Crippen molar-refractivity contribution in [2.24, 2.45) is 17.1 Å². The smallest absolute Gasteiger partial charge is 0.333 e. The Morgan fingerprint density at radius 3 is 2.73 bits per heavy atom. The van der Waals surface area contributed by atoms with E-state index in [1.807, 2.05) is 48.5 Å². The van der Waals surface area contributed by atoms with Crippen LogP contribution in [-0.4, -0.2) is 12.6 Å². The average molecular weight is 397 g/mol. The van der Waals surface area contributed by atoms with Gasteiger partial charge in [-0.25, -0.2) is 4.79 Å². The Balaban J connectivity index is 2.10. The van der Waals surface area contributed by atoms with Gasteiger partial charge in [0.1, 0.15) is 6.07 Å². The summed E-state index contributed by atoms with van der Waals surface area (Å²) in [5, 5.41) is 22.3. The zero-order valence-corrected chi connectivity index (χ0v) is 16.9. The van der Waals surface area contributed by atoms with Crippen LogP contribution in [0.1, 0.15) is 37.7 Å². The number of fused-ring (bicyclic) bond motifs is 2. The van der Waals surface area contributed by atoms with Crippen LogP contribution in [0, 0.1) is 34.0 Å². The molecule has 0 radical (unpaired) electrons. The zero-order chi connectivity index (χ0) is 21.3. The molecule has 2 aromatic carbocycles. The van der Waals surface area contributed by atoms with Crippen LogP contribution >= 0.6 is 0 Å². The van der Waals surface area contributed by atoms with E-state index in [0.717, 1.165) is 41.2 Å². The predicted octanol–water partition coefficient (Wildman–Crippen LogP) is 4.47. The third-order valence-corrected chi connectivity index (χ3v) is 6.38. The number of nitriles is 2. The van der Waals surface area contributed by atoms with Crippen LogP contribution < -0.4 is 5.73 Å². The number of carbonyl (C=O) groups excluding carboxylic acids is 1. The number of carbonyl (C=O) groups is 1. The molecule has 5 heteroatoms. The minimum Gasteiger partial charge on any atom is -0.464 e. The number of rotatable bonds is 3. The second-order valence-electron chi connectivity index (χ2n) is 7.78. The number of nitrogens with two attached hydrogens (primary N) is 1. The van der Waals surface area contributed by atoms with Crippen molar-refractivity contribution in [3.63, 3.8) is 0 Å². The SMILES string of the molecule is CCOC(=O)[C@@]1(C#N)C(N)=C(C#N)C2=CCCC[C@H]2[C@@H]1c1cccc2ccccc12. The molecule has 2 N–H and O–H groups in total. The van der Waals surface area contributed by atoms with Gasteiger partial charge in [0.2, 0.25) is 5.41 Å². The minimum atomic E-state index is -1.75. The lowest BCUT2D eigenvalue weighted by atomic mass is 9.55. The van der Waals surface area contributed by atoms with E-state index in [0.29, 0.717) is 0 Å². The molecule has 0 aromatic heterocycles. The first-order valence-electron chi connectivity index (χ1n) is 10.3. The Bertz CT molecular complexity index is 1160. The van der Waals surface area contributed by atoms with Crippen LogP contribution in [0.3, 0.4) is 0 Å². The molecule has 0 heterocycles. The van der Waals surface area contributed by atoms with E-state index in [1.54, 1.807) is 6.92 Å². The van der Waals surface area contributed by atoms with Crippen LogP contribution in [0.15, 0.2) is 65.4 Å². The van der Waals surface area contributed by atoms with Crippen LogP contribution in [0.25, 0.3) is 10.8 Å². The summed E-state index contributed by atoms with van der Waals surface area (Å²) in [5.41, 5.74) is 6.74. The van der Waals surface area contributed by atoms with Gasteiger partial charge < -0.3 is 10.5 Å². The first-order valence-corrected chi connectivity index (χ1v) is 10.3. The second-order valence-corrected chi connectivity index (χ2v) is 7.78. The fourth-order valence-corrected chi connectivity index (χ4v) is 5.11. The summed E-state index contributed by atoms with van der Waals surface area (Å²) in [6.07, 6.45) is 4.61. The quantitative estimate of drug-likeness (QED) is 0.770. The lowest BCUT2D eigenvalue weighted by molar-refractivity contribution is -0.152.